The summed E-state index contributed by atoms with van der Waals surface area (Å²) >= 11 is 0. The lowest BCUT2D eigenvalue weighted by molar-refractivity contribution is 0.0950. The fraction of sp³-hybridized carbons (Fsp3) is 0.182. The number of hydrogen-bond acceptors (Lipinski definition) is 5. The minimum atomic E-state index is -0.207. The Morgan fingerprint density at radius 1 is 1.07 bits per heavy atom. The second-order valence-corrected chi connectivity index (χ2v) is 9.56. The summed E-state index contributed by atoms with van der Waals surface area (Å²) in [5.41, 5.74) is 7.34. The van der Waals surface area contributed by atoms with Crippen molar-refractivity contribution in [3.63, 3.8) is 0 Å². The van der Waals surface area contributed by atoms with Gasteiger partial charge in [0.25, 0.3) is 5.91 Å². The second-order valence-electron chi connectivity index (χ2n) is 9.56. The predicted octanol–water partition coefficient (Wildman–Crippen LogP) is 6.07. The van der Waals surface area contributed by atoms with E-state index in [2.05, 4.69) is 28.3 Å². The third-order valence-corrected chi connectivity index (χ3v) is 7.25. The van der Waals surface area contributed by atoms with Crippen molar-refractivity contribution in [2.24, 2.45) is 0 Å². The molecular weight excluding hydrogens is 500 g/mol. The lowest BCUT2D eigenvalue weighted by Crippen LogP contribution is -2.23. The van der Waals surface area contributed by atoms with Crippen molar-refractivity contribution in [2.45, 2.75) is 32.4 Å². The Balaban J connectivity index is 1.61. The van der Waals surface area contributed by atoms with Crippen LogP contribution in [0, 0.1) is 11.3 Å². The highest BCUT2D eigenvalue weighted by Gasteiger charge is 2.23. The average Bonchev–Trinajstić information content (AvgIpc) is 3.43. The number of pyridine rings is 1. The highest BCUT2D eigenvalue weighted by molar-refractivity contribution is 5.96. The number of nitriles is 1. The molecule has 0 aliphatic carbocycles. The molecule has 3 N–H and O–H groups in total. The van der Waals surface area contributed by atoms with Crippen molar-refractivity contribution in [1.29, 1.82) is 5.26 Å². The summed E-state index contributed by atoms with van der Waals surface area (Å²) in [6, 6.07) is 24.8. The van der Waals surface area contributed by atoms with Crippen molar-refractivity contribution in [3.05, 3.63) is 119 Å². The summed E-state index contributed by atoms with van der Waals surface area (Å²) in [5.74, 6) is 0.438. The van der Waals surface area contributed by atoms with Crippen LogP contribution in [0.3, 0.4) is 0 Å². The maximum atomic E-state index is 13.2. The van der Waals surface area contributed by atoms with Crippen molar-refractivity contribution in [3.8, 4) is 22.9 Å². The number of fused-ring (bicyclic) bond motifs is 1. The number of aromatic nitrogens is 2. The van der Waals surface area contributed by atoms with E-state index in [0.29, 0.717) is 29.0 Å². The number of amides is 1. The van der Waals surface area contributed by atoms with Crippen LogP contribution in [-0.2, 0) is 13.2 Å². The third-order valence-electron chi connectivity index (χ3n) is 7.25. The molecule has 3 aromatic carbocycles. The average molecular weight is 531 g/mol. The van der Waals surface area contributed by atoms with E-state index in [4.69, 9.17) is 4.74 Å². The van der Waals surface area contributed by atoms with Crippen LogP contribution in [0.4, 0.5) is 0 Å². The first kappa shape index (κ1) is 26.7. The fourth-order valence-electron chi connectivity index (χ4n) is 5.21. The van der Waals surface area contributed by atoms with Gasteiger partial charge in [-0.1, -0.05) is 31.2 Å². The van der Waals surface area contributed by atoms with Crippen LogP contribution < -0.4 is 10.1 Å². The zero-order valence-electron chi connectivity index (χ0n) is 22.4. The zero-order chi connectivity index (χ0) is 28.1. The highest BCUT2D eigenvalue weighted by atomic mass is 16.5. The van der Waals surface area contributed by atoms with Crippen LogP contribution in [0.5, 0.6) is 5.75 Å². The predicted molar refractivity (Wildman–Crippen MR) is 155 cm³/mol. The molecule has 0 aliphatic heterocycles. The lowest BCUT2D eigenvalue weighted by Gasteiger charge is -2.22. The van der Waals surface area contributed by atoms with E-state index in [1.807, 2.05) is 79.0 Å². The number of carbonyl (C=O) groups is 1. The minimum Gasteiger partial charge on any atom is -0.497 e. The number of methoxy groups -OCH3 is 1. The molecule has 40 heavy (non-hydrogen) atoms. The quantitative estimate of drug-likeness (QED) is 0.214. The smallest absolute Gasteiger partial charge is 0.251 e. The third kappa shape index (κ3) is 5.31. The number of benzene rings is 3. The summed E-state index contributed by atoms with van der Waals surface area (Å²) in [6.07, 6.45) is 4.50. The fourth-order valence-corrected chi connectivity index (χ4v) is 5.21. The van der Waals surface area contributed by atoms with Gasteiger partial charge in [0.2, 0.25) is 0 Å². The number of H-pyrrole nitrogens is 1. The lowest BCUT2D eigenvalue weighted by atomic mass is 9.82. The molecule has 0 fully saturated rings. The molecule has 0 saturated heterocycles. The van der Waals surface area contributed by atoms with E-state index >= 15 is 0 Å². The monoisotopic (exact) mass is 530 g/mol. The minimum absolute atomic E-state index is 0.00374. The maximum Gasteiger partial charge on any atom is 0.251 e. The van der Waals surface area contributed by atoms with Gasteiger partial charge in [-0.15, -0.1) is 0 Å². The molecule has 2 aromatic heterocycles. The number of nitrogens with zero attached hydrogens (tertiary/aromatic N) is 2. The van der Waals surface area contributed by atoms with E-state index in [0.717, 1.165) is 45.3 Å². The molecule has 1 amide bonds. The first-order valence-corrected chi connectivity index (χ1v) is 13.2. The molecule has 0 radical (unpaired) electrons. The number of ether oxygens (including phenoxy) is 1. The van der Waals surface area contributed by atoms with Gasteiger partial charge < -0.3 is 20.1 Å². The molecule has 5 aromatic rings. The first-order valence-electron chi connectivity index (χ1n) is 13.2. The van der Waals surface area contributed by atoms with Crippen molar-refractivity contribution >= 4 is 16.8 Å². The summed E-state index contributed by atoms with van der Waals surface area (Å²) < 4.78 is 5.40. The van der Waals surface area contributed by atoms with Crippen molar-refractivity contribution in [2.75, 3.05) is 7.11 Å². The van der Waals surface area contributed by atoms with Crippen LogP contribution in [0.25, 0.3) is 22.0 Å². The Morgan fingerprint density at radius 2 is 1.95 bits per heavy atom. The molecule has 0 aliphatic rings. The van der Waals surface area contributed by atoms with Gasteiger partial charge in [0, 0.05) is 34.8 Å². The number of nitrogens with one attached hydrogen (secondary N) is 2. The van der Waals surface area contributed by atoms with Gasteiger partial charge in [0.05, 0.1) is 37.6 Å². The van der Waals surface area contributed by atoms with Crippen molar-refractivity contribution in [1.82, 2.24) is 15.3 Å². The summed E-state index contributed by atoms with van der Waals surface area (Å²) in [7, 11) is 1.59. The van der Waals surface area contributed by atoms with Gasteiger partial charge in [-0.25, -0.2) is 0 Å². The van der Waals surface area contributed by atoms with Gasteiger partial charge in [0.1, 0.15) is 5.75 Å². The normalized spacial score (nSPS) is 11.7. The molecule has 2 heterocycles. The van der Waals surface area contributed by atoms with Crippen LogP contribution >= 0.6 is 0 Å². The summed E-state index contributed by atoms with van der Waals surface area (Å²) in [6.45, 7) is 2.27. The molecule has 0 bridgehead atoms. The SMILES string of the molecule is CCC(c1ccc(C(=O)NCc2ccccn2)cc1-c1ccc(OC)cc1CO)c1c[nH]c2cc(C#N)ccc12. The summed E-state index contributed by atoms with van der Waals surface area (Å²) in [4.78, 5) is 20.8. The van der Waals surface area contributed by atoms with Crippen LogP contribution in [0.1, 0.15) is 57.6 Å². The Kier molecular flexibility index (Phi) is 7.90. The molecule has 7 heteroatoms. The summed E-state index contributed by atoms with van der Waals surface area (Å²) in [5, 5.41) is 23.6. The van der Waals surface area contributed by atoms with Gasteiger partial charge in [-0.3, -0.25) is 9.78 Å². The van der Waals surface area contributed by atoms with Crippen LogP contribution in [-0.4, -0.2) is 28.1 Å². The van der Waals surface area contributed by atoms with Crippen LogP contribution in [0.2, 0.25) is 0 Å². The number of aromatic amines is 1. The number of carbonyl (C=O) groups excluding carboxylic acids is 1. The number of rotatable bonds is 9. The highest BCUT2D eigenvalue weighted by Crippen LogP contribution is 2.40. The number of aliphatic hydroxyl groups is 1. The van der Waals surface area contributed by atoms with E-state index < -0.39 is 0 Å². The van der Waals surface area contributed by atoms with Crippen LogP contribution in [0.15, 0.2) is 85.2 Å². The number of aliphatic hydroxyl groups excluding tert-OH is 1. The Morgan fingerprint density at radius 3 is 2.67 bits per heavy atom. The Hall–Kier alpha value is -4.93. The van der Waals surface area contributed by atoms with E-state index in [-0.39, 0.29) is 18.4 Å². The van der Waals surface area contributed by atoms with E-state index in [9.17, 15) is 15.2 Å². The van der Waals surface area contributed by atoms with E-state index in [1.165, 1.54) is 0 Å². The van der Waals surface area contributed by atoms with Gasteiger partial charge in [-0.2, -0.15) is 5.26 Å². The molecular formula is C33H30N4O3. The molecule has 0 saturated carbocycles. The topological polar surface area (TPSA) is 111 Å². The Bertz CT molecular complexity index is 1700. The first-order chi connectivity index (χ1) is 19.6. The zero-order valence-corrected chi connectivity index (χ0v) is 22.4. The maximum absolute atomic E-state index is 13.2. The molecule has 7 nitrogen and oxygen atoms in total. The van der Waals surface area contributed by atoms with Gasteiger partial charge >= 0.3 is 0 Å². The second kappa shape index (κ2) is 11.9. The number of hydrogen-bond donors (Lipinski definition) is 3. The van der Waals surface area contributed by atoms with E-state index in [1.54, 1.807) is 13.3 Å². The van der Waals surface area contributed by atoms with Crippen molar-refractivity contribution < 1.29 is 14.6 Å². The molecule has 5 rings (SSSR count). The largest absolute Gasteiger partial charge is 0.497 e. The molecule has 1 atom stereocenters. The molecule has 0 spiro atoms. The molecule has 1 unspecified atom stereocenters. The van der Waals surface area contributed by atoms with Gasteiger partial charge in [0.15, 0.2) is 0 Å². The Labute approximate surface area is 233 Å². The standard InChI is InChI=1S/C33H30N4O3/c1-3-26(31-19-36-32-14-21(17-34)7-10-29(31)32)28-11-8-22(33(39)37-18-24-6-4-5-13-35-24)16-30(28)27-12-9-25(40-2)15-23(27)20-38/h4-16,19,26,36,38H,3,18,20H2,1-2H3,(H,37,39). The van der Waals surface area contributed by atoms with Gasteiger partial charge in [-0.05, 0) is 82.8 Å². The molecule has 200 valence electrons.